The van der Waals surface area contributed by atoms with Gasteiger partial charge in [0.1, 0.15) is 0 Å². The summed E-state index contributed by atoms with van der Waals surface area (Å²) in [6, 6.07) is 0. The maximum atomic E-state index is 10.0. The van der Waals surface area contributed by atoms with Gasteiger partial charge in [0.05, 0.1) is 6.10 Å². The van der Waals surface area contributed by atoms with E-state index in [2.05, 4.69) is 0 Å². The molecule has 0 aromatic carbocycles. The van der Waals surface area contributed by atoms with Crippen molar-refractivity contribution in [3.63, 3.8) is 0 Å². The van der Waals surface area contributed by atoms with Crippen LogP contribution in [0.5, 0.6) is 0 Å². The van der Waals surface area contributed by atoms with E-state index in [0.717, 1.165) is 11.8 Å². The summed E-state index contributed by atoms with van der Waals surface area (Å²) < 4.78 is 0. The molecule has 3 unspecified atom stereocenters. The maximum Gasteiger partial charge on any atom is 0.0602 e. The minimum absolute atomic E-state index is 0.0917. The van der Waals surface area contributed by atoms with Gasteiger partial charge in [0.25, 0.3) is 0 Å². The molecule has 3 rings (SSSR count). The van der Waals surface area contributed by atoms with Crippen LogP contribution in [0.3, 0.4) is 0 Å². The fourth-order valence-electron chi connectivity index (χ4n) is 4.26. The lowest BCUT2D eigenvalue weighted by Crippen LogP contribution is -2.28. The van der Waals surface area contributed by atoms with Crippen LogP contribution in [0.25, 0.3) is 0 Å². The Bertz CT molecular complexity index is 167. The van der Waals surface area contributed by atoms with Gasteiger partial charge in [-0.2, -0.15) is 0 Å². The quantitative estimate of drug-likeness (QED) is 0.585. The summed E-state index contributed by atoms with van der Waals surface area (Å²) in [5.41, 5.74) is 0. The Balaban J connectivity index is 1.92. The molecule has 1 N–H and O–H groups in total. The van der Waals surface area contributed by atoms with Gasteiger partial charge in [-0.15, -0.1) is 0 Å². The minimum atomic E-state index is 0.0917. The number of aliphatic hydroxyl groups is 1. The van der Waals surface area contributed by atoms with E-state index in [0.29, 0.717) is 11.8 Å². The number of hydrogen-bond donors (Lipinski definition) is 1. The lowest BCUT2D eigenvalue weighted by Gasteiger charge is -2.27. The van der Waals surface area contributed by atoms with Crippen molar-refractivity contribution in [2.24, 2.45) is 23.7 Å². The third-order valence-corrected chi connectivity index (χ3v) is 4.68. The predicted octanol–water partition coefficient (Wildman–Crippen LogP) is 2.19. The van der Waals surface area contributed by atoms with E-state index in [1.807, 2.05) is 0 Å². The molecular weight excluding hydrogens is 148 g/mol. The molecule has 0 aromatic heterocycles. The minimum Gasteiger partial charge on any atom is -0.393 e. The highest BCUT2D eigenvalue weighted by Gasteiger charge is 2.52. The van der Waals surface area contributed by atoms with Crippen LogP contribution in [0.4, 0.5) is 0 Å². The number of hydrogen-bond acceptors (Lipinski definition) is 1. The van der Waals surface area contributed by atoms with Crippen molar-refractivity contribution in [2.75, 3.05) is 0 Å². The average molecular weight is 166 g/mol. The van der Waals surface area contributed by atoms with Crippen LogP contribution in [-0.2, 0) is 0 Å². The smallest absolute Gasteiger partial charge is 0.0602 e. The molecule has 2 bridgehead atoms. The molecule has 3 aliphatic rings. The highest BCUT2D eigenvalue weighted by molar-refractivity contribution is 5.02. The third kappa shape index (κ3) is 0.783. The van der Waals surface area contributed by atoms with E-state index >= 15 is 0 Å². The van der Waals surface area contributed by atoms with Crippen LogP contribution < -0.4 is 0 Å². The third-order valence-electron chi connectivity index (χ3n) is 4.68. The summed E-state index contributed by atoms with van der Waals surface area (Å²) in [5.74, 6) is 3.26. The monoisotopic (exact) mass is 166 g/mol. The summed E-state index contributed by atoms with van der Waals surface area (Å²) in [5, 5.41) is 10.0. The van der Waals surface area contributed by atoms with E-state index in [4.69, 9.17) is 0 Å². The number of fused-ring (bicyclic) bond motifs is 5. The largest absolute Gasteiger partial charge is 0.393 e. The Morgan fingerprint density at radius 2 is 1.08 bits per heavy atom. The summed E-state index contributed by atoms with van der Waals surface area (Å²) in [7, 11) is 0. The van der Waals surface area contributed by atoms with Crippen LogP contribution in [0, 0.1) is 23.7 Å². The molecule has 0 radical (unpaired) electrons. The van der Waals surface area contributed by atoms with Gasteiger partial charge in [0, 0.05) is 0 Å². The first-order chi connectivity index (χ1) is 5.88. The summed E-state index contributed by atoms with van der Waals surface area (Å²) >= 11 is 0. The lowest BCUT2D eigenvalue weighted by molar-refractivity contribution is 0.0445. The van der Waals surface area contributed by atoms with E-state index in [-0.39, 0.29) is 6.10 Å². The zero-order valence-electron chi connectivity index (χ0n) is 7.58. The number of aliphatic hydroxyl groups excluding tert-OH is 1. The topological polar surface area (TPSA) is 20.2 Å². The van der Waals surface area contributed by atoms with Crippen LogP contribution in [0.2, 0.25) is 0 Å². The molecular formula is C11H18O. The van der Waals surface area contributed by atoms with Gasteiger partial charge >= 0.3 is 0 Å². The molecule has 3 aliphatic carbocycles. The van der Waals surface area contributed by atoms with Gasteiger partial charge in [-0.1, -0.05) is 12.8 Å². The van der Waals surface area contributed by atoms with E-state index in [1.165, 1.54) is 38.5 Å². The van der Waals surface area contributed by atoms with Gasteiger partial charge in [-0.3, -0.25) is 0 Å². The average Bonchev–Trinajstić information content (AvgIpc) is 2.57. The summed E-state index contributed by atoms with van der Waals surface area (Å²) in [6.45, 7) is 0. The first kappa shape index (κ1) is 7.37. The van der Waals surface area contributed by atoms with E-state index in [9.17, 15) is 5.11 Å². The summed E-state index contributed by atoms with van der Waals surface area (Å²) in [4.78, 5) is 0. The van der Waals surface area contributed by atoms with Crippen LogP contribution >= 0.6 is 0 Å². The van der Waals surface area contributed by atoms with Gasteiger partial charge in [0.15, 0.2) is 0 Å². The van der Waals surface area contributed by atoms with Crippen molar-refractivity contribution < 1.29 is 5.11 Å². The second-order valence-corrected chi connectivity index (χ2v) is 5.01. The normalized spacial score (nSPS) is 57.2. The van der Waals surface area contributed by atoms with E-state index in [1.54, 1.807) is 0 Å². The predicted molar refractivity (Wildman–Crippen MR) is 47.7 cm³/mol. The first-order valence-corrected chi connectivity index (χ1v) is 5.56. The van der Waals surface area contributed by atoms with Gasteiger partial charge in [-0.05, 0) is 49.4 Å². The molecule has 0 heterocycles. The van der Waals surface area contributed by atoms with Gasteiger partial charge in [-0.25, -0.2) is 0 Å². The standard InChI is InChI=1S/C11H18O/c12-11-9-5-2-6-10(11)8-4-1-3-7(8)9/h7-12H,1-6H2/t7?,8?,9-,10+,11?. The fraction of sp³-hybridized carbons (Fsp3) is 1.00. The van der Waals surface area contributed by atoms with Crippen molar-refractivity contribution >= 4 is 0 Å². The second-order valence-electron chi connectivity index (χ2n) is 5.01. The molecule has 0 aromatic rings. The van der Waals surface area contributed by atoms with Gasteiger partial charge < -0.3 is 5.11 Å². The zero-order valence-corrected chi connectivity index (χ0v) is 7.58. The second kappa shape index (κ2) is 2.47. The van der Waals surface area contributed by atoms with Crippen molar-refractivity contribution in [2.45, 2.75) is 44.6 Å². The molecule has 1 heteroatoms. The maximum absolute atomic E-state index is 10.0. The Kier molecular flexibility index (Phi) is 1.52. The molecule has 3 fully saturated rings. The summed E-state index contributed by atoms with van der Waals surface area (Å²) in [6.07, 6.45) is 8.40. The highest BCUT2D eigenvalue weighted by atomic mass is 16.3. The van der Waals surface area contributed by atoms with Crippen LogP contribution in [-0.4, -0.2) is 11.2 Å². The van der Waals surface area contributed by atoms with Crippen LogP contribution in [0.15, 0.2) is 0 Å². The van der Waals surface area contributed by atoms with Crippen molar-refractivity contribution in [3.8, 4) is 0 Å². The Morgan fingerprint density at radius 1 is 0.667 bits per heavy atom. The molecule has 1 nitrogen and oxygen atoms in total. The lowest BCUT2D eigenvalue weighted by atomic mass is 9.82. The molecule has 12 heavy (non-hydrogen) atoms. The fourth-order valence-corrected chi connectivity index (χ4v) is 4.26. The molecule has 0 amide bonds. The zero-order chi connectivity index (χ0) is 8.13. The van der Waals surface area contributed by atoms with Crippen molar-refractivity contribution in [3.05, 3.63) is 0 Å². The first-order valence-electron chi connectivity index (χ1n) is 5.56. The van der Waals surface area contributed by atoms with Crippen LogP contribution in [0.1, 0.15) is 38.5 Å². The Hall–Kier alpha value is -0.0400. The highest BCUT2D eigenvalue weighted by Crippen LogP contribution is 2.56. The molecule has 3 saturated carbocycles. The number of rotatable bonds is 0. The van der Waals surface area contributed by atoms with Crippen molar-refractivity contribution in [1.29, 1.82) is 0 Å². The van der Waals surface area contributed by atoms with Gasteiger partial charge in [0.2, 0.25) is 0 Å². The Morgan fingerprint density at radius 3 is 1.58 bits per heavy atom. The molecule has 0 aliphatic heterocycles. The van der Waals surface area contributed by atoms with E-state index < -0.39 is 0 Å². The Labute approximate surface area is 74.2 Å². The molecule has 68 valence electrons. The van der Waals surface area contributed by atoms with Crippen molar-refractivity contribution in [1.82, 2.24) is 0 Å². The molecule has 0 spiro atoms. The molecule has 5 atom stereocenters. The SMILES string of the molecule is OC1[C@@H]2CCC[C@H]1C1CCCC12. The molecule has 0 saturated heterocycles.